The SMILES string of the molecule is C.C.COc1cccc(-c2cccc3c2CC[C@H](c2cccc(OC(F)(F)C(F)F)c2)N3)c1.COc1cccc(-c2cccc3c2CC[C@H](c2cccc(OC(F)(F)C(F)F)c2)N3)c1.COc1cccc(-c2cccc3c2CC[C@H](c2cccc(OC(F)(F)C(F)F)c2)N3C[C@H](O)C(F)(F)F)c1.FC(F)(F)C1CO1.[3H][3H].[3H][3H]. The van der Waals surface area contributed by atoms with E-state index in [2.05, 4.69) is 41.7 Å². The van der Waals surface area contributed by atoms with Gasteiger partial charge >= 0.3 is 50.0 Å². The number of aliphatic hydroxyl groups is 1. The third-order valence-corrected chi connectivity index (χ3v) is 17.8. The molecule has 0 bridgehead atoms. The number of hydrogen-bond donors (Lipinski definition) is 3. The van der Waals surface area contributed by atoms with Crippen LogP contribution in [0.4, 0.5) is 96.1 Å². The van der Waals surface area contributed by atoms with Crippen LogP contribution in [0.2, 0.25) is 0 Å². The number of rotatable bonds is 20. The molecule has 0 spiro atoms. The Kier molecular flexibility index (Phi) is 26.8. The highest BCUT2D eigenvalue weighted by Gasteiger charge is 2.50. The molecule has 4 aliphatic heterocycles. The number of anilines is 3. The van der Waals surface area contributed by atoms with Crippen LogP contribution in [0.3, 0.4) is 0 Å². The summed E-state index contributed by atoms with van der Waals surface area (Å²) in [6, 6.07) is 55.6. The Labute approximate surface area is 623 Å². The summed E-state index contributed by atoms with van der Waals surface area (Å²) in [5, 5.41) is 16.8. The molecule has 0 radical (unpaired) electrons. The van der Waals surface area contributed by atoms with Crippen molar-refractivity contribution in [2.75, 3.05) is 50.0 Å². The Hall–Kier alpha value is -10.2. The second-order valence-corrected chi connectivity index (χ2v) is 24.9. The quantitative estimate of drug-likeness (QED) is 0.0500. The molecule has 3 N–H and O–H groups in total. The van der Waals surface area contributed by atoms with E-state index < -0.39 is 80.5 Å². The minimum atomic E-state index is -4.91. The fraction of sp³-hybridized carbons (Fsp3) is 0.325. The topological polar surface area (TPSA) is 115 Å². The lowest BCUT2D eigenvalue weighted by Crippen LogP contribution is -2.44. The number of epoxide rings is 1. The zero-order valence-electron chi connectivity index (χ0n) is 60.9. The maximum absolute atomic E-state index is 13.5. The third-order valence-electron chi connectivity index (χ3n) is 17.8. The standard InChI is InChI=1S/C27H24F7NO3.2C24H21F4NO2.C3H3F3O.2CH4.2H2/c1-37-18-7-2-5-16(13-18)20-9-4-10-23-21(20)11-12-22(35(23)15-24(36)26(30,31)32)17-6-3-8-19(14-17)38-27(33,34)25(28)29;2*1-30-17-7-2-5-15(13-17)19-9-4-10-22-20(19)11-12-21(29-22)16-6-3-8-18(14-16)31-24(27,28)23(25)26;4-3(5,6)2-1-7-2;;;;/h2-10,13-14,22,24-25,36H,11-12,15H2,1H3;2*2-10,13-14,21,23,29H,11-12H2,1H3;2H,1H2;2*1H4;2*1H/t22-,24+;2*21-;;;;;/m111...../s1/i;;;;;;2*1+2T. The molecule has 1 unspecified atom stereocenters. The van der Waals surface area contributed by atoms with Crippen LogP contribution in [0.1, 0.15) is 91.6 Å². The molecule has 1 saturated heterocycles. The summed E-state index contributed by atoms with van der Waals surface area (Å²) in [5.41, 5.74) is 12.8. The van der Waals surface area contributed by atoms with E-state index in [1.807, 2.05) is 84.9 Å². The molecule has 1 fully saturated rings. The maximum atomic E-state index is 13.5. The Balaban J connectivity index is 0.000000246. The van der Waals surface area contributed by atoms with Gasteiger partial charge in [-0.25, -0.2) is 0 Å². The molecule has 590 valence electrons. The number of methoxy groups -OCH3 is 3. The Morgan fingerprint density at radius 2 is 0.771 bits per heavy atom. The highest BCUT2D eigenvalue weighted by atomic mass is 19.4. The Bertz CT molecular complexity index is 4320. The summed E-state index contributed by atoms with van der Waals surface area (Å²) in [6.07, 6.45) is -35.2. The number of benzene rings is 9. The van der Waals surface area contributed by atoms with E-state index in [0.717, 1.165) is 97.9 Å². The monoisotopic (exact) mass is 1560 g/mol. The predicted octanol–water partition coefficient (Wildman–Crippen LogP) is 23.1. The van der Waals surface area contributed by atoms with Crippen LogP contribution >= 0.6 is 0 Å². The number of hydrogen-bond acceptors (Lipinski definition) is 11. The van der Waals surface area contributed by atoms with Gasteiger partial charge in [0.25, 0.3) is 0 Å². The number of ether oxygens (including phenoxy) is 7. The molecule has 11 nitrogen and oxygen atoms in total. The van der Waals surface area contributed by atoms with Gasteiger partial charge < -0.3 is 53.8 Å². The van der Waals surface area contributed by atoms with Crippen LogP contribution in [0.5, 0.6) is 34.5 Å². The molecule has 9 aromatic carbocycles. The van der Waals surface area contributed by atoms with Crippen molar-refractivity contribution in [3.8, 4) is 67.9 Å². The molecule has 0 saturated carbocycles. The van der Waals surface area contributed by atoms with Gasteiger partial charge in [-0.3, -0.25) is 0 Å². The number of alkyl halides is 18. The zero-order chi connectivity index (χ0) is 81.2. The molecule has 29 heteroatoms. The van der Waals surface area contributed by atoms with E-state index in [1.165, 1.54) is 60.5 Å². The van der Waals surface area contributed by atoms with Crippen molar-refractivity contribution in [3.05, 3.63) is 234 Å². The molecule has 9 aromatic rings. The van der Waals surface area contributed by atoms with Gasteiger partial charge in [-0.1, -0.05) is 124 Å². The van der Waals surface area contributed by atoms with E-state index in [-0.39, 0.29) is 57.0 Å². The molecule has 13 rings (SSSR count). The number of halogens is 18. The van der Waals surface area contributed by atoms with Crippen LogP contribution in [0.15, 0.2) is 200 Å². The first kappa shape index (κ1) is 81.4. The average molecular weight is 1560 g/mol. The maximum Gasteiger partial charge on any atom is 0.461 e. The predicted molar refractivity (Wildman–Crippen MR) is 383 cm³/mol. The molecule has 0 aliphatic carbocycles. The van der Waals surface area contributed by atoms with Gasteiger partial charge in [-0.2, -0.15) is 79.0 Å². The number of nitrogens with one attached hydrogen (secondary N) is 2. The van der Waals surface area contributed by atoms with Crippen molar-refractivity contribution in [3.63, 3.8) is 0 Å². The largest absolute Gasteiger partial charge is 0.497 e. The summed E-state index contributed by atoms with van der Waals surface area (Å²) in [7, 11) is 4.76. The first-order valence-corrected chi connectivity index (χ1v) is 33.1. The highest BCUT2D eigenvalue weighted by molar-refractivity contribution is 5.79. The van der Waals surface area contributed by atoms with E-state index in [1.54, 1.807) is 56.7 Å². The Morgan fingerprint density at radius 3 is 1.12 bits per heavy atom. The smallest absolute Gasteiger partial charge is 0.461 e. The van der Waals surface area contributed by atoms with Crippen molar-refractivity contribution in [2.24, 2.45) is 0 Å². The summed E-state index contributed by atoms with van der Waals surface area (Å²) in [5.74, 6) is 1.000. The van der Waals surface area contributed by atoms with Gasteiger partial charge in [0.2, 0.25) is 0 Å². The van der Waals surface area contributed by atoms with Gasteiger partial charge in [-0.15, -0.1) is 0 Å². The molecule has 5 atom stereocenters. The average Bonchev–Trinajstić information content (AvgIpc) is 0.950. The Morgan fingerprint density at radius 1 is 0.440 bits per heavy atom. The zero-order valence-corrected chi connectivity index (χ0v) is 56.9. The molecule has 109 heavy (non-hydrogen) atoms. The van der Waals surface area contributed by atoms with Crippen LogP contribution in [0.25, 0.3) is 33.4 Å². The van der Waals surface area contributed by atoms with Crippen molar-refractivity contribution in [1.29, 1.82) is 0 Å². The number of β-amino-alcohol motifs (C(OH)–C–C–N with tert-alkyl or cyclic N) is 1. The number of aliphatic hydroxyl groups excluding tert-OH is 1. The van der Waals surface area contributed by atoms with Crippen molar-refractivity contribution < 1.29 is 123 Å². The second-order valence-electron chi connectivity index (χ2n) is 24.9. The van der Waals surface area contributed by atoms with Gasteiger partial charge in [0, 0.05) is 23.0 Å². The molecule has 4 aliphatic rings. The molecular weight excluding hydrogens is 1470 g/mol. The minimum Gasteiger partial charge on any atom is -0.497 e. The summed E-state index contributed by atoms with van der Waals surface area (Å²) in [6.45, 7) is -0.982. The molecule has 0 aromatic heterocycles. The second kappa shape index (κ2) is 35.9. The van der Waals surface area contributed by atoms with Gasteiger partial charge in [0.05, 0.1) is 52.6 Å². The highest BCUT2D eigenvalue weighted by Crippen LogP contribution is 2.47. The van der Waals surface area contributed by atoms with Crippen molar-refractivity contribution in [2.45, 2.75) is 134 Å². The lowest BCUT2D eigenvalue weighted by Gasteiger charge is -2.41. The first-order chi connectivity index (χ1) is 52.7. The van der Waals surface area contributed by atoms with Crippen LogP contribution in [-0.4, -0.2) is 102 Å². The van der Waals surface area contributed by atoms with Gasteiger partial charge in [-0.05, 0) is 196 Å². The number of nitrogens with zero attached hydrogens (tertiary/aromatic N) is 1. The van der Waals surface area contributed by atoms with E-state index >= 15 is 0 Å². The first-order valence-electron chi connectivity index (χ1n) is 35.1. The van der Waals surface area contributed by atoms with Crippen molar-refractivity contribution >= 4 is 17.1 Å². The molecular formula is C80H81F18N3O8. The van der Waals surface area contributed by atoms with Gasteiger partial charge in [0.15, 0.2) is 12.2 Å². The van der Waals surface area contributed by atoms with Crippen molar-refractivity contribution in [1.82, 2.24) is 0 Å². The van der Waals surface area contributed by atoms with E-state index in [9.17, 15) is 84.1 Å². The molecule has 0 amide bonds. The number of fused-ring (bicyclic) bond motifs is 3. The summed E-state index contributed by atoms with van der Waals surface area (Å²) < 4.78 is 281. The van der Waals surface area contributed by atoms with Crippen LogP contribution < -0.4 is 44.0 Å². The van der Waals surface area contributed by atoms with Crippen LogP contribution in [0, 0.1) is 0 Å². The third kappa shape index (κ3) is 21.4. The molecule has 4 heterocycles. The lowest BCUT2D eigenvalue weighted by atomic mass is 9.86. The summed E-state index contributed by atoms with van der Waals surface area (Å²) >= 11 is 0. The summed E-state index contributed by atoms with van der Waals surface area (Å²) in [4.78, 5) is 1.37. The van der Waals surface area contributed by atoms with Gasteiger partial charge in [0.1, 0.15) is 34.5 Å². The normalized spacial score (nSPS) is 17.0. The van der Waals surface area contributed by atoms with Crippen LogP contribution in [-0.2, 0) is 24.0 Å². The minimum absolute atomic E-state index is 0. The fourth-order valence-corrected chi connectivity index (χ4v) is 12.6. The van der Waals surface area contributed by atoms with E-state index in [0.29, 0.717) is 41.8 Å². The van der Waals surface area contributed by atoms with E-state index in [4.69, 9.17) is 20.1 Å². The lowest BCUT2D eigenvalue weighted by molar-refractivity contribution is -0.253. The fourth-order valence-electron chi connectivity index (χ4n) is 12.6.